The smallest absolute Gasteiger partial charge is 0.326 e. The number of anilines is 2. The zero-order valence-corrected chi connectivity index (χ0v) is 30.0. The molecule has 1 heterocycles. The van der Waals surface area contributed by atoms with Crippen LogP contribution in [0, 0.1) is 42.4 Å². The van der Waals surface area contributed by atoms with E-state index in [1.807, 2.05) is 24.3 Å². The number of amides is 2. The highest BCUT2D eigenvalue weighted by Crippen LogP contribution is 2.62. The first-order valence-corrected chi connectivity index (χ1v) is 19.7. The monoisotopic (exact) mass is 688 g/mol. The fourth-order valence-electron chi connectivity index (χ4n) is 12.8. The molecule has 2 aromatic carbocycles. The largest absolute Gasteiger partial charge is 0.330 e. The van der Waals surface area contributed by atoms with E-state index in [0.29, 0.717) is 16.4 Å². The maximum atomic E-state index is 13.3. The Kier molecular flexibility index (Phi) is 8.15. The van der Waals surface area contributed by atoms with E-state index in [1.54, 1.807) is 6.92 Å². The fraction of sp³-hybridized carbons (Fsp3) is 0.581. The van der Waals surface area contributed by atoms with Gasteiger partial charge in [-0.05, 0) is 166 Å². The first-order valence-electron chi connectivity index (χ1n) is 19.7. The quantitative estimate of drug-likeness (QED) is 0.233. The molecule has 8 bridgehead atoms. The number of aryl methyl sites for hydroxylation is 2. The summed E-state index contributed by atoms with van der Waals surface area (Å²) in [7, 11) is 0. The van der Waals surface area contributed by atoms with E-state index < -0.39 is 11.2 Å². The minimum atomic E-state index is -0.508. The Morgan fingerprint density at radius 2 is 0.980 bits per heavy atom. The summed E-state index contributed by atoms with van der Waals surface area (Å²) in [6.07, 6.45) is 17.9. The molecule has 3 aromatic rings. The van der Waals surface area contributed by atoms with Crippen LogP contribution in [0.4, 0.5) is 11.4 Å². The van der Waals surface area contributed by atoms with Gasteiger partial charge in [0.05, 0.1) is 0 Å². The highest BCUT2D eigenvalue weighted by molar-refractivity contribution is 5.91. The van der Waals surface area contributed by atoms with Crippen molar-refractivity contribution in [3.63, 3.8) is 0 Å². The predicted octanol–water partition coefficient (Wildman–Crippen LogP) is 7.31. The lowest BCUT2D eigenvalue weighted by atomic mass is 9.48. The molecule has 8 fully saturated rings. The normalized spacial score (nSPS) is 32.6. The molecule has 0 atom stereocenters. The molecule has 0 saturated heterocycles. The van der Waals surface area contributed by atoms with Crippen LogP contribution in [-0.4, -0.2) is 20.9 Å². The van der Waals surface area contributed by atoms with Gasteiger partial charge in [-0.2, -0.15) is 0 Å². The molecular formula is C43H52N4O4. The van der Waals surface area contributed by atoms with Gasteiger partial charge in [0.15, 0.2) is 0 Å². The molecule has 0 spiro atoms. The molecule has 8 heteroatoms. The standard InChI is InChI=1S/C43H52N4O4/c1-27-26-46(12-10-38(48)44-36-6-2-34(3-7-36)42-20-28-14-29(21-42)16-30(15-28)22-42)41(51)47(40(27)50)13-11-39(49)45-37-8-4-35(5-9-37)43-23-31-17-32(24-43)19-33(18-31)25-43/h2-9,26,28-33H,10-25H2,1H3,(H,44,48)(H,45,49). The SMILES string of the molecule is Cc1cn(CCC(=O)Nc2ccc(C34CC5CC(CC(C5)C3)C4)cc2)c(=O)n(CCC(=O)Nc2ccc(C34CC5CC(CC(C5)C3)C4)cc2)c1=O. The molecule has 8 nitrogen and oxygen atoms in total. The van der Waals surface area contributed by atoms with Crippen LogP contribution >= 0.6 is 0 Å². The average molecular weight is 689 g/mol. The maximum Gasteiger partial charge on any atom is 0.330 e. The van der Waals surface area contributed by atoms with E-state index in [-0.39, 0.29) is 37.7 Å². The van der Waals surface area contributed by atoms with Gasteiger partial charge >= 0.3 is 5.69 Å². The first kappa shape index (κ1) is 32.9. The van der Waals surface area contributed by atoms with Crippen molar-refractivity contribution in [2.45, 2.75) is 121 Å². The molecule has 51 heavy (non-hydrogen) atoms. The van der Waals surface area contributed by atoms with E-state index in [0.717, 1.165) is 51.4 Å². The molecular weight excluding hydrogens is 636 g/mol. The van der Waals surface area contributed by atoms with Gasteiger partial charge in [0, 0.05) is 49.1 Å². The van der Waals surface area contributed by atoms with E-state index in [4.69, 9.17) is 0 Å². The van der Waals surface area contributed by atoms with E-state index >= 15 is 0 Å². The van der Waals surface area contributed by atoms with Gasteiger partial charge in [0.25, 0.3) is 5.56 Å². The molecule has 268 valence electrons. The highest BCUT2D eigenvalue weighted by Gasteiger charge is 2.52. The second kappa shape index (κ2) is 12.6. The third kappa shape index (κ3) is 6.20. The van der Waals surface area contributed by atoms with Gasteiger partial charge < -0.3 is 10.6 Å². The minimum absolute atomic E-state index is 0.00490. The molecule has 8 aliphatic rings. The first-order chi connectivity index (χ1) is 24.6. The molecule has 1 aromatic heterocycles. The van der Waals surface area contributed by atoms with Gasteiger partial charge in [-0.1, -0.05) is 24.3 Å². The van der Waals surface area contributed by atoms with Crippen LogP contribution in [0.1, 0.15) is 107 Å². The zero-order chi connectivity index (χ0) is 34.9. The molecule has 8 saturated carbocycles. The third-order valence-electron chi connectivity index (χ3n) is 14.2. The van der Waals surface area contributed by atoms with Crippen LogP contribution in [0.3, 0.4) is 0 Å². The van der Waals surface area contributed by atoms with Gasteiger partial charge in [0.1, 0.15) is 0 Å². The molecule has 2 N–H and O–H groups in total. The second-order valence-corrected chi connectivity index (χ2v) is 17.9. The maximum absolute atomic E-state index is 13.3. The lowest BCUT2D eigenvalue weighted by Gasteiger charge is -2.57. The molecule has 11 rings (SSSR count). The van der Waals surface area contributed by atoms with Crippen molar-refractivity contribution in [1.29, 1.82) is 0 Å². The molecule has 0 aliphatic heterocycles. The Morgan fingerprint density at radius 3 is 1.37 bits per heavy atom. The molecule has 0 radical (unpaired) electrons. The number of carbonyl (C=O) groups excluding carboxylic acids is 2. The zero-order valence-electron chi connectivity index (χ0n) is 30.0. The summed E-state index contributed by atoms with van der Waals surface area (Å²) >= 11 is 0. The Labute approximate surface area is 300 Å². The number of carbonyl (C=O) groups is 2. The van der Waals surface area contributed by atoms with Crippen molar-refractivity contribution in [3.05, 3.63) is 92.3 Å². The topological polar surface area (TPSA) is 102 Å². The summed E-state index contributed by atoms with van der Waals surface area (Å²) in [4.78, 5) is 52.2. The predicted molar refractivity (Wildman–Crippen MR) is 199 cm³/mol. The molecule has 8 aliphatic carbocycles. The van der Waals surface area contributed by atoms with E-state index in [9.17, 15) is 19.2 Å². The number of nitrogens with one attached hydrogen (secondary N) is 2. The Hall–Kier alpha value is -3.94. The third-order valence-corrected chi connectivity index (χ3v) is 14.2. The van der Waals surface area contributed by atoms with Gasteiger partial charge in [-0.25, -0.2) is 4.79 Å². The fourth-order valence-corrected chi connectivity index (χ4v) is 12.8. The van der Waals surface area contributed by atoms with Crippen LogP contribution in [0.25, 0.3) is 0 Å². The van der Waals surface area contributed by atoms with Crippen LogP contribution < -0.4 is 21.9 Å². The van der Waals surface area contributed by atoms with Crippen molar-refractivity contribution in [3.8, 4) is 0 Å². The number of aromatic nitrogens is 2. The van der Waals surface area contributed by atoms with Crippen molar-refractivity contribution in [1.82, 2.24) is 9.13 Å². The van der Waals surface area contributed by atoms with Gasteiger partial charge in [-0.3, -0.25) is 23.5 Å². The van der Waals surface area contributed by atoms with Crippen LogP contribution in [0.2, 0.25) is 0 Å². The van der Waals surface area contributed by atoms with Crippen molar-refractivity contribution in [2.24, 2.45) is 35.5 Å². The number of benzene rings is 2. The lowest BCUT2D eigenvalue weighted by Crippen LogP contribution is -2.48. The summed E-state index contributed by atoms with van der Waals surface area (Å²) in [5, 5.41) is 5.96. The lowest BCUT2D eigenvalue weighted by molar-refractivity contribution is -0.117. The van der Waals surface area contributed by atoms with Crippen molar-refractivity contribution >= 4 is 23.2 Å². The number of nitrogens with zero attached hydrogens (tertiary/aromatic N) is 2. The number of hydrogen-bond donors (Lipinski definition) is 2. The number of hydrogen-bond acceptors (Lipinski definition) is 4. The van der Waals surface area contributed by atoms with Crippen molar-refractivity contribution < 1.29 is 9.59 Å². The summed E-state index contributed by atoms with van der Waals surface area (Å²) in [5.41, 5.74) is 4.43. The summed E-state index contributed by atoms with van der Waals surface area (Å²) in [5.74, 6) is 4.84. The molecule has 2 amide bonds. The van der Waals surface area contributed by atoms with E-state index in [1.165, 1.54) is 98.9 Å². The second-order valence-electron chi connectivity index (χ2n) is 17.9. The highest BCUT2D eigenvalue weighted by atomic mass is 16.2. The average Bonchev–Trinajstić information content (AvgIpc) is 3.09. The Balaban J connectivity index is 0.790. The number of rotatable bonds is 10. The van der Waals surface area contributed by atoms with Crippen LogP contribution in [-0.2, 0) is 33.5 Å². The van der Waals surface area contributed by atoms with Gasteiger partial charge in [0.2, 0.25) is 11.8 Å². The summed E-state index contributed by atoms with van der Waals surface area (Å²) in [6, 6.07) is 16.8. The summed E-state index contributed by atoms with van der Waals surface area (Å²) < 4.78 is 2.53. The van der Waals surface area contributed by atoms with Crippen LogP contribution in [0.5, 0.6) is 0 Å². The van der Waals surface area contributed by atoms with Crippen molar-refractivity contribution in [2.75, 3.05) is 10.6 Å². The van der Waals surface area contributed by atoms with Crippen LogP contribution in [0.15, 0.2) is 64.3 Å². The Morgan fingerprint density at radius 1 is 0.608 bits per heavy atom. The molecule has 0 unspecified atom stereocenters. The minimum Gasteiger partial charge on any atom is -0.326 e. The van der Waals surface area contributed by atoms with E-state index in [2.05, 4.69) is 34.9 Å². The summed E-state index contributed by atoms with van der Waals surface area (Å²) in [6.45, 7) is 1.77. The Bertz CT molecular complexity index is 1880. The van der Waals surface area contributed by atoms with Gasteiger partial charge in [-0.15, -0.1) is 0 Å².